The maximum Gasteiger partial charge on any atom is 0.310 e. The molecule has 1 aliphatic rings. The van der Waals surface area contributed by atoms with E-state index in [9.17, 15) is 14.4 Å². The molecule has 2 aromatic rings. The molecule has 1 atom stereocenters. The molecule has 1 aromatic heterocycles. The number of nitrogens with zero attached hydrogens (tertiary/aromatic N) is 4. The highest BCUT2D eigenvalue weighted by molar-refractivity contribution is 6.33. The molecule has 178 valence electrons. The van der Waals surface area contributed by atoms with E-state index in [4.69, 9.17) is 27.9 Å². The van der Waals surface area contributed by atoms with Gasteiger partial charge in [-0.3, -0.25) is 14.4 Å². The van der Waals surface area contributed by atoms with Crippen LogP contribution >= 0.6 is 23.2 Å². The largest absolute Gasteiger partial charge is 0.466 e. The Bertz CT molecular complexity index is 1040. The van der Waals surface area contributed by atoms with Crippen LogP contribution in [-0.4, -0.2) is 70.7 Å². The molecule has 10 heteroatoms. The molecule has 2 heterocycles. The Labute approximate surface area is 203 Å². The highest BCUT2D eigenvalue weighted by atomic mass is 35.5. The van der Waals surface area contributed by atoms with Crippen molar-refractivity contribution in [2.75, 3.05) is 33.3 Å². The molecule has 3 rings (SSSR count). The SMILES string of the molecule is CCOC(=O)C1CCCN(C(=O)CN(C)C(=O)c2c(C)nn(Cc3ccccc3Cl)c2Cl)C1. The Kier molecular flexibility index (Phi) is 8.37. The molecule has 1 aromatic carbocycles. The van der Waals surface area contributed by atoms with Crippen LogP contribution in [0.25, 0.3) is 0 Å². The number of hydrogen-bond donors (Lipinski definition) is 0. The number of piperidine rings is 1. The zero-order valence-corrected chi connectivity index (χ0v) is 20.5. The lowest BCUT2D eigenvalue weighted by Crippen LogP contribution is -2.47. The van der Waals surface area contributed by atoms with Gasteiger partial charge in [0.05, 0.1) is 36.9 Å². The number of ether oxygens (including phenoxy) is 1. The van der Waals surface area contributed by atoms with Crippen molar-refractivity contribution in [3.8, 4) is 0 Å². The van der Waals surface area contributed by atoms with Gasteiger partial charge >= 0.3 is 5.97 Å². The van der Waals surface area contributed by atoms with Gasteiger partial charge in [-0.2, -0.15) is 5.10 Å². The van der Waals surface area contributed by atoms with Gasteiger partial charge in [0.2, 0.25) is 5.91 Å². The van der Waals surface area contributed by atoms with Crippen LogP contribution in [0.1, 0.15) is 41.4 Å². The Hall–Kier alpha value is -2.58. The molecular formula is C23H28Cl2N4O4. The summed E-state index contributed by atoms with van der Waals surface area (Å²) < 4.78 is 6.61. The molecular weight excluding hydrogens is 467 g/mol. The van der Waals surface area contributed by atoms with Crippen LogP contribution in [0, 0.1) is 12.8 Å². The first-order chi connectivity index (χ1) is 15.7. The number of aromatic nitrogens is 2. The van der Waals surface area contributed by atoms with Crippen molar-refractivity contribution < 1.29 is 19.1 Å². The van der Waals surface area contributed by atoms with Crippen LogP contribution in [-0.2, 0) is 20.9 Å². The Morgan fingerprint density at radius 1 is 1.24 bits per heavy atom. The van der Waals surface area contributed by atoms with Crippen LogP contribution in [0.4, 0.5) is 0 Å². The molecule has 0 saturated carbocycles. The number of halogens is 2. The summed E-state index contributed by atoms with van der Waals surface area (Å²) >= 11 is 12.7. The van der Waals surface area contributed by atoms with Crippen molar-refractivity contribution in [3.63, 3.8) is 0 Å². The minimum Gasteiger partial charge on any atom is -0.466 e. The first-order valence-electron chi connectivity index (χ1n) is 10.9. The van der Waals surface area contributed by atoms with Gasteiger partial charge in [-0.15, -0.1) is 0 Å². The zero-order valence-electron chi connectivity index (χ0n) is 19.0. The average Bonchev–Trinajstić information content (AvgIpc) is 3.07. The van der Waals surface area contributed by atoms with E-state index in [1.807, 2.05) is 18.2 Å². The van der Waals surface area contributed by atoms with Gasteiger partial charge < -0.3 is 14.5 Å². The molecule has 33 heavy (non-hydrogen) atoms. The first-order valence-corrected chi connectivity index (χ1v) is 11.6. The van der Waals surface area contributed by atoms with E-state index in [2.05, 4.69) is 5.10 Å². The fourth-order valence-corrected chi connectivity index (χ4v) is 4.42. The number of amides is 2. The molecule has 1 aliphatic heterocycles. The number of benzene rings is 1. The van der Waals surface area contributed by atoms with Crippen molar-refractivity contribution in [3.05, 3.63) is 51.3 Å². The summed E-state index contributed by atoms with van der Waals surface area (Å²) in [7, 11) is 1.55. The third kappa shape index (κ3) is 5.86. The molecule has 0 spiro atoms. The van der Waals surface area contributed by atoms with Crippen molar-refractivity contribution in [2.24, 2.45) is 5.92 Å². The van der Waals surface area contributed by atoms with Crippen molar-refractivity contribution in [1.82, 2.24) is 19.6 Å². The Morgan fingerprint density at radius 2 is 1.97 bits per heavy atom. The summed E-state index contributed by atoms with van der Waals surface area (Å²) in [5.74, 6) is -1.23. The molecule has 1 fully saturated rings. The fraction of sp³-hybridized carbons (Fsp3) is 0.478. The molecule has 1 saturated heterocycles. The highest BCUT2D eigenvalue weighted by Gasteiger charge is 2.31. The lowest BCUT2D eigenvalue weighted by atomic mass is 9.98. The van der Waals surface area contributed by atoms with Crippen molar-refractivity contribution in [2.45, 2.75) is 33.2 Å². The summed E-state index contributed by atoms with van der Waals surface area (Å²) in [4.78, 5) is 40.9. The second kappa shape index (κ2) is 11.0. The number of hydrogen-bond acceptors (Lipinski definition) is 5. The standard InChI is InChI=1S/C23H28Cl2N4O4/c1-4-33-23(32)17-9-7-11-28(12-17)19(30)14-27(3)22(31)20-15(2)26-29(21(20)25)13-16-8-5-6-10-18(16)24/h5-6,8,10,17H,4,7,9,11-14H2,1-3H3. The Balaban J connectivity index is 1.67. The monoisotopic (exact) mass is 494 g/mol. The van der Waals surface area contributed by atoms with Crippen molar-refractivity contribution in [1.29, 1.82) is 0 Å². The molecule has 0 N–H and O–H groups in total. The number of likely N-dealkylation sites (tertiary alicyclic amines) is 1. The van der Waals surface area contributed by atoms with Crippen LogP contribution < -0.4 is 0 Å². The maximum atomic E-state index is 13.1. The van der Waals surface area contributed by atoms with Crippen LogP contribution in [0.15, 0.2) is 24.3 Å². The summed E-state index contributed by atoms with van der Waals surface area (Å²) in [6, 6.07) is 7.34. The normalized spacial score (nSPS) is 15.9. The van der Waals surface area contributed by atoms with E-state index < -0.39 is 5.91 Å². The number of likely N-dealkylation sites (N-methyl/N-ethyl adjacent to an activating group) is 1. The molecule has 2 amide bonds. The second-order valence-corrected chi connectivity index (χ2v) is 8.86. The summed E-state index contributed by atoms with van der Waals surface area (Å²) in [5.41, 5.74) is 1.55. The van der Waals surface area contributed by atoms with Crippen LogP contribution in [0.5, 0.6) is 0 Å². The number of aryl methyl sites for hydroxylation is 1. The van der Waals surface area contributed by atoms with Gasteiger partial charge in [0.25, 0.3) is 5.91 Å². The highest BCUT2D eigenvalue weighted by Crippen LogP contribution is 2.25. The van der Waals surface area contributed by atoms with Crippen LogP contribution in [0.2, 0.25) is 10.2 Å². The maximum absolute atomic E-state index is 13.1. The number of esters is 1. The van der Waals surface area contributed by atoms with Gasteiger partial charge in [-0.25, -0.2) is 4.68 Å². The summed E-state index contributed by atoms with van der Waals surface area (Å²) in [5, 5.41) is 5.17. The van der Waals surface area contributed by atoms with Crippen molar-refractivity contribution >= 4 is 41.0 Å². The molecule has 0 radical (unpaired) electrons. The van der Waals surface area contributed by atoms with Gasteiger partial charge in [-0.1, -0.05) is 41.4 Å². The lowest BCUT2D eigenvalue weighted by Gasteiger charge is -2.32. The summed E-state index contributed by atoms with van der Waals surface area (Å²) in [6.45, 7) is 4.81. The van der Waals surface area contributed by atoms with E-state index in [1.54, 1.807) is 31.9 Å². The number of carbonyl (C=O) groups is 3. The van der Waals surface area contributed by atoms with E-state index >= 15 is 0 Å². The van der Waals surface area contributed by atoms with Gasteiger partial charge in [0.1, 0.15) is 5.15 Å². The quantitative estimate of drug-likeness (QED) is 0.550. The molecule has 8 nitrogen and oxygen atoms in total. The van der Waals surface area contributed by atoms with Gasteiger partial charge in [0, 0.05) is 25.2 Å². The number of carbonyl (C=O) groups excluding carboxylic acids is 3. The lowest BCUT2D eigenvalue weighted by molar-refractivity contribution is -0.151. The average molecular weight is 495 g/mol. The second-order valence-electron chi connectivity index (χ2n) is 8.09. The minimum absolute atomic E-state index is 0.125. The molecule has 0 aliphatic carbocycles. The molecule has 0 bridgehead atoms. The fourth-order valence-electron chi connectivity index (χ4n) is 3.91. The third-order valence-corrected chi connectivity index (χ3v) is 6.42. The van der Waals surface area contributed by atoms with Gasteiger partial charge in [0.15, 0.2) is 0 Å². The summed E-state index contributed by atoms with van der Waals surface area (Å²) in [6.07, 6.45) is 1.41. The van der Waals surface area contributed by atoms with Gasteiger partial charge in [-0.05, 0) is 38.3 Å². The smallest absolute Gasteiger partial charge is 0.310 e. The van der Waals surface area contributed by atoms with E-state index in [0.717, 1.165) is 5.56 Å². The zero-order chi connectivity index (χ0) is 24.1. The van der Waals surface area contributed by atoms with Crippen LogP contribution in [0.3, 0.4) is 0 Å². The number of rotatable bonds is 7. The Morgan fingerprint density at radius 3 is 2.67 bits per heavy atom. The minimum atomic E-state index is -0.393. The van der Waals surface area contributed by atoms with E-state index in [0.29, 0.717) is 49.8 Å². The third-order valence-electron chi connectivity index (χ3n) is 5.67. The predicted octanol–water partition coefficient (Wildman–Crippen LogP) is 3.42. The van der Waals surface area contributed by atoms with E-state index in [1.165, 1.54) is 9.58 Å². The first kappa shape index (κ1) is 25.1. The predicted molar refractivity (Wildman–Crippen MR) is 125 cm³/mol. The van der Waals surface area contributed by atoms with E-state index in [-0.39, 0.29) is 35.1 Å². The topological polar surface area (TPSA) is 84.7 Å². The molecule has 1 unspecified atom stereocenters.